The van der Waals surface area contributed by atoms with E-state index >= 15 is 0 Å². The first-order chi connectivity index (χ1) is 19.3. The number of nitrogens with one attached hydrogen (secondary N) is 1. The van der Waals surface area contributed by atoms with Gasteiger partial charge in [-0.2, -0.15) is 0 Å². The summed E-state index contributed by atoms with van der Waals surface area (Å²) in [5.74, 6) is -2.07. The molecule has 0 bridgehead atoms. The third-order valence-corrected chi connectivity index (χ3v) is 6.91. The lowest BCUT2D eigenvalue weighted by molar-refractivity contribution is -0.144. The fourth-order valence-electron chi connectivity index (χ4n) is 4.88. The van der Waals surface area contributed by atoms with Crippen molar-refractivity contribution in [3.05, 3.63) is 77.1 Å². The Balaban J connectivity index is 1.32. The predicted octanol–water partition coefficient (Wildman–Crippen LogP) is 1.28. The van der Waals surface area contributed by atoms with Gasteiger partial charge >= 0.3 is 5.97 Å². The van der Waals surface area contributed by atoms with Crippen molar-refractivity contribution in [2.24, 2.45) is 0 Å². The number of esters is 1. The Morgan fingerprint density at radius 2 is 1.93 bits per heavy atom. The molecule has 1 fully saturated rings. The highest BCUT2D eigenvalue weighted by Crippen LogP contribution is 2.29. The molecule has 5 rings (SSSR count). The predicted molar refractivity (Wildman–Crippen MR) is 140 cm³/mol. The van der Waals surface area contributed by atoms with Gasteiger partial charge in [-0.25, -0.2) is 4.68 Å². The highest BCUT2D eigenvalue weighted by molar-refractivity contribution is 6.05. The highest BCUT2D eigenvalue weighted by atomic mass is 16.5. The van der Waals surface area contributed by atoms with E-state index in [2.05, 4.69) is 15.6 Å². The second kappa shape index (κ2) is 11.5. The van der Waals surface area contributed by atoms with E-state index in [1.165, 1.54) is 20.7 Å². The van der Waals surface area contributed by atoms with Gasteiger partial charge < -0.3 is 14.5 Å². The number of imide groups is 1. The second-order valence-corrected chi connectivity index (χ2v) is 9.56. The summed E-state index contributed by atoms with van der Waals surface area (Å²) in [5, 5.41) is 10.4. The minimum atomic E-state index is -0.710. The van der Waals surface area contributed by atoms with E-state index in [0.29, 0.717) is 23.2 Å². The molecule has 1 atom stereocenters. The van der Waals surface area contributed by atoms with Gasteiger partial charge in [-0.15, -0.1) is 5.10 Å². The molecule has 1 N–H and O–H groups in total. The molecule has 206 valence electrons. The van der Waals surface area contributed by atoms with Crippen LogP contribution in [0.3, 0.4) is 0 Å². The monoisotopic (exact) mass is 544 g/mol. The SMILES string of the molecule is CCOC(=O)CN(CCc1ccccc1)C(=O)c1cn(-c2ccc3c(c2)CN(C2CCC(=O)NC2=O)C3=O)nn1. The molecule has 2 aliphatic heterocycles. The molecule has 3 aromatic rings. The van der Waals surface area contributed by atoms with Crippen molar-refractivity contribution in [1.82, 2.24) is 30.1 Å². The van der Waals surface area contributed by atoms with Crippen LogP contribution in [0.5, 0.6) is 0 Å². The van der Waals surface area contributed by atoms with E-state index in [1.54, 1.807) is 25.1 Å². The molecule has 0 spiro atoms. The van der Waals surface area contributed by atoms with Crippen molar-refractivity contribution in [3.63, 3.8) is 0 Å². The number of carbonyl (C=O) groups is 5. The summed E-state index contributed by atoms with van der Waals surface area (Å²) in [6.45, 7) is 2.18. The maximum atomic E-state index is 13.3. The van der Waals surface area contributed by atoms with Crippen molar-refractivity contribution < 1.29 is 28.7 Å². The van der Waals surface area contributed by atoms with Crippen LogP contribution in [0.15, 0.2) is 54.7 Å². The number of nitrogens with zero attached hydrogens (tertiary/aromatic N) is 5. The Hall–Kier alpha value is -4.87. The summed E-state index contributed by atoms with van der Waals surface area (Å²) in [6.07, 6.45) is 2.47. The van der Waals surface area contributed by atoms with Crippen LogP contribution in [0.4, 0.5) is 0 Å². The Labute approximate surface area is 229 Å². The lowest BCUT2D eigenvalue weighted by atomic mass is 10.0. The summed E-state index contributed by atoms with van der Waals surface area (Å²) in [7, 11) is 0. The van der Waals surface area contributed by atoms with Gasteiger partial charge in [0.15, 0.2) is 5.69 Å². The number of fused-ring (bicyclic) bond motifs is 1. The Kier molecular flexibility index (Phi) is 7.67. The summed E-state index contributed by atoms with van der Waals surface area (Å²) < 4.78 is 6.48. The first-order valence-electron chi connectivity index (χ1n) is 13.0. The number of benzene rings is 2. The zero-order chi connectivity index (χ0) is 28.2. The van der Waals surface area contributed by atoms with Crippen LogP contribution in [-0.2, 0) is 32.1 Å². The molecule has 1 saturated heterocycles. The van der Waals surface area contributed by atoms with Crippen molar-refractivity contribution in [2.75, 3.05) is 19.7 Å². The standard InChI is InChI=1S/C28H28N6O6/c1-2-40-25(36)17-32(13-12-18-6-4-3-5-7-18)28(39)22-16-34(31-30-22)20-8-9-21-19(14-20)15-33(27(21)38)23-10-11-24(35)29-26(23)37/h3-9,14,16,23H,2,10-13,15,17H2,1H3,(H,29,35,37). The zero-order valence-electron chi connectivity index (χ0n) is 21.9. The van der Waals surface area contributed by atoms with Crippen LogP contribution in [0.25, 0.3) is 5.69 Å². The molecule has 4 amide bonds. The van der Waals surface area contributed by atoms with Gasteiger partial charge in [-0.1, -0.05) is 35.5 Å². The molecule has 12 heteroatoms. The largest absolute Gasteiger partial charge is 0.465 e. The smallest absolute Gasteiger partial charge is 0.325 e. The summed E-state index contributed by atoms with van der Waals surface area (Å²) >= 11 is 0. The number of amides is 4. The molecular weight excluding hydrogens is 516 g/mol. The van der Waals surface area contributed by atoms with E-state index in [0.717, 1.165) is 5.56 Å². The first kappa shape index (κ1) is 26.7. The number of ether oxygens (including phenoxy) is 1. The Morgan fingerprint density at radius 1 is 1.12 bits per heavy atom. The van der Waals surface area contributed by atoms with Crippen molar-refractivity contribution in [3.8, 4) is 5.69 Å². The quantitative estimate of drug-likeness (QED) is 0.313. The molecule has 1 unspecified atom stereocenters. The van der Waals surface area contributed by atoms with E-state index < -0.39 is 23.8 Å². The topological polar surface area (TPSA) is 144 Å². The minimum Gasteiger partial charge on any atom is -0.465 e. The molecule has 40 heavy (non-hydrogen) atoms. The van der Waals surface area contributed by atoms with Crippen molar-refractivity contribution in [2.45, 2.75) is 38.8 Å². The summed E-state index contributed by atoms with van der Waals surface area (Å²) in [4.78, 5) is 65.2. The molecule has 0 aliphatic carbocycles. The second-order valence-electron chi connectivity index (χ2n) is 9.56. The van der Waals surface area contributed by atoms with E-state index in [1.807, 2.05) is 30.3 Å². The third kappa shape index (κ3) is 5.60. The molecule has 2 aromatic carbocycles. The van der Waals surface area contributed by atoms with Crippen LogP contribution in [0.1, 0.15) is 51.7 Å². The third-order valence-electron chi connectivity index (χ3n) is 6.91. The first-order valence-corrected chi connectivity index (χ1v) is 13.0. The molecule has 12 nitrogen and oxygen atoms in total. The van der Waals surface area contributed by atoms with E-state index in [4.69, 9.17) is 4.74 Å². The number of piperidine rings is 1. The average Bonchev–Trinajstić information content (AvgIpc) is 3.56. The number of hydrogen-bond acceptors (Lipinski definition) is 8. The fourth-order valence-corrected chi connectivity index (χ4v) is 4.88. The molecule has 3 heterocycles. The van der Waals surface area contributed by atoms with E-state index in [-0.39, 0.29) is 56.6 Å². The maximum Gasteiger partial charge on any atom is 0.325 e. The van der Waals surface area contributed by atoms with Gasteiger partial charge in [-0.3, -0.25) is 29.3 Å². The van der Waals surface area contributed by atoms with Crippen LogP contribution < -0.4 is 5.32 Å². The van der Waals surface area contributed by atoms with Crippen molar-refractivity contribution >= 4 is 29.6 Å². The lowest BCUT2D eigenvalue weighted by Crippen LogP contribution is -2.52. The minimum absolute atomic E-state index is 0.0547. The van der Waals surface area contributed by atoms with Gasteiger partial charge in [-0.05, 0) is 49.1 Å². The van der Waals surface area contributed by atoms with Gasteiger partial charge in [0.2, 0.25) is 11.8 Å². The molecular formula is C28H28N6O6. The van der Waals surface area contributed by atoms with Crippen LogP contribution in [-0.4, -0.2) is 80.1 Å². The van der Waals surface area contributed by atoms with E-state index in [9.17, 15) is 24.0 Å². The molecule has 2 aliphatic rings. The average molecular weight is 545 g/mol. The Bertz CT molecular complexity index is 1470. The molecule has 0 saturated carbocycles. The molecule has 1 aromatic heterocycles. The van der Waals surface area contributed by atoms with Crippen LogP contribution >= 0.6 is 0 Å². The fraction of sp³-hybridized carbons (Fsp3) is 0.321. The number of rotatable bonds is 9. The highest BCUT2D eigenvalue weighted by Gasteiger charge is 2.39. The van der Waals surface area contributed by atoms with Gasteiger partial charge in [0.05, 0.1) is 18.5 Å². The van der Waals surface area contributed by atoms with Crippen LogP contribution in [0, 0.1) is 0 Å². The Morgan fingerprint density at radius 3 is 2.67 bits per heavy atom. The van der Waals surface area contributed by atoms with Gasteiger partial charge in [0.1, 0.15) is 12.6 Å². The maximum absolute atomic E-state index is 13.3. The normalized spacial score (nSPS) is 16.5. The lowest BCUT2D eigenvalue weighted by Gasteiger charge is -2.29. The summed E-state index contributed by atoms with van der Waals surface area (Å²) in [5.41, 5.74) is 2.81. The number of hydrogen-bond donors (Lipinski definition) is 1. The number of aromatic nitrogens is 3. The van der Waals surface area contributed by atoms with Gasteiger partial charge in [0, 0.05) is 25.1 Å². The number of carbonyl (C=O) groups excluding carboxylic acids is 5. The zero-order valence-corrected chi connectivity index (χ0v) is 21.9. The van der Waals surface area contributed by atoms with Crippen LogP contribution in [0.2, 0.25) is 0 Å². The molecule has 0 radical (unpaired) electrons. The van der Waals surface area contributed by atoms with Gasteiger partial charge in [0.25, 0.3) is 11.8 Å². The summed E-state index contributed by atoms with van der Waals surface area (Å²) in [6, 6.07) is 14.0. The van der Waals surface area contributed by atoms with Crippen molar-refractivity contribution in [1.29, 1.82) is 0 Å².